The molecule has 5 rings (SSSR count). The quantitative estimate of drug-likeness (QED) is 0.451. The van der Waals surface area contributed by atoms with Crippen molar-refractivity contribution < 1.29 is 18.0 Å². The molecule has 1 aliphatic heterocycles. The third kappa shape index (κ3) is 3.32. The summed E-state index contributed by atoms with van der Waals surface area (Å²) in [5.74, 6) is 0.0577. The monoisotopic (exact) mass is 421 g/mol. The fourth-order valence-electron chi connectivity index (χ4n) is 5.00. The van der Waals surface area contributed by atoms with E-state index in [1.54, 1.807) is 6.07 Å². The van der Waals surface area contributed by atoms with Crippen molar-refractivity contribution in [3.8, 4) is 0 Å². The summed E-state index contributed by atoms with van der Waals surface area (Å²) in [6, 6.07) is 16.7. The van der Waals surface area contributed by atoms with Crippen LogP contribution in [0.4, 0.5) is 18.9 Å². The lowest BCUT2D eigenvalue weighted by molar-refractivity contribution is -0.137. The molecule has 0 fully saturated rings. The van der Waals surface area contributed by atoms with E-state index in [-0.39, 0.29) is 11.2 Å². The Kier molecular flexibility index (Phi) is 4.30. The molecular formula is C26H22F3NO. The fraction of sp³-hybridized carbons (Fsp3) is 0.269. The second kappa shape index (κ2) is 6.71. The second-order valence-electron chi connectivity index (χ2n) is 9.25. The molecule has 0 saturated heterocycles. The summed E-state index contributed by atoms with van der Waals surface area (Å²) in [4.78, 5) is 13.4. The largest absolute Gasteiger partial charge is 0.416 e. The van der Waals surface area contributed by atoms with Gasteiger partial charge in [-0.15, -0.1) is 0 Å². The van der Waals surface area contributed by atoms with Gasteiger partial charge in [0.1, 0.15) is 0 Å². The third-order valence-corrected chi connectivity index (χ3v) is 6.28. The van der Waals surface area contributed by atoms with Crippen molar-refractivity contribution in [2.75, 3.05) is 5.32 Å². The summed E-state index contributed by atoms with van der Waals surface area (Å²) in [5.41, 5.74) is 2.80. The topological polar surface area (TPSA) is 29.1 Å². The number of allylic oxidation sites excluding steroid dienone is 1. The first kappa shape index (κ1) is 19.9. The summed E-state index contributed by atoms with van der Waals surface area (Å²) in [5, 5.41) is 5.48. The SMILES string of the molecule is CC1(C)CC(=O)C2=C(C1)[C@H](c1cccc(C(F)(F)F)c1)Nc1ccc3ccccc3c12. The van der Waals surface area contributed by atoms with Gasteiger partial charge in [-0.25, -0.2) is 0 Å². The Hall–Kier alpha value is -3.08. The summed E-state index contributed by atoms with van der Waals surface area (Å²) in [7, 11) is 0. The van der Waals surface area contributed by atoms with Gasteiger partial charge < -0.3 is 5.32 Å². The zero-order valence-electron chi connectivity index (χ0n) is 17.3. The maximum atomic E-state index is 13.4. The van der Waals surface area contributed by atoms with Crippen molar-refractivity contribution in [1.29, 1.82) is 0 Å². The minimum Gasteiger partial charge on any atom is -0.374 e. The summed E-state index contributed by atoms with van der Waals surface area (Å²) in [6.45, 7) is 4.08. The van der Waals surface area contributed by atoms with E-state index < -0.39 is 17.8 Å². The molecule has 2 aliphatic rings. The number of Topliss-reactive ketones (excluding diaryl/α,β-unsaturated/α-hetero) is 1. The molecule has 31 heavy (non-hydrogen) atoms. The smallest absolute Gasteiger partial charge is 0.374 e. The number of hydrogen-bond acceptors (Lipinski definition) is 2. The third-order valence-electron chi connectivity index (χ3n) is 6.28. The molecule has 2 nitrogen and oxygen atoms in total. The molecule has 1 aliphatic carbocycles. The van der Waals surface area contributed by atoms with Crippen LogP contribution in [0.3, 0.4) is 0 Å². The van der Waals surface area contributed by atoms with Crippen LogP contribution < -0.4 is 5.32 Å². The maximum Gasteiger partial charge on any atom is 0.416 e. The Morgan fingerprint density at radius 2 is 1.74 bits per heavy atom. The number of hydrogen-bond donors (Lipinski definition) is 1. The average molecular weight is 421 g/mol. The molecular weight excluding hydrogens is 399 g/mol. The number of fused-ring (bicyclic) bond motifs is 4. The Balaban J connectivity index is 1.76. The molecule has 0 spiro atoms. The van der Waals surface area contributed by atoms with Crippen molar-refractivity contribution in [2.24, 2.45) is 5.41 Å². The zero-order chi connectivity index (χ0) is 22.0. The van der Waals surface area contributed by atoms with E-state index in [4.69, 9.17) is 0 Å². The highest BCUT2D eigenvalue weighted by molar-refractivity contribution is 6.28. The lowest BCUT2D eigenvalue weighted by atomic mass is 9.67. The molecule has 3 aromatic rings. The van der Waals surface area contributed by atoms with Crippen LogP contribution in [-0.2, 0) is 11.0 Å². The molecule has 0 amide bonds. The molecule has 1 atom stereocenters. The Morgan fingerprint density at radius 3 is 2.52 bits per heavy atom. The van der Waals surface area contributed by atoms with E-state index in [9.17, 15) is 18.0 Å². The Morgan fingerprint density at radius 1 is 0.968 bits per heavy atom. The molecule has 158 valence electrons. The van der Waals surface area contributed by atoms with Gasteiger partial charge in [-0.1, -0.05) is 56.3 Å². The van der Waals surface area contributed by atoms with E-state index in [0.717, 1.165) is 33.7 Å². The molecule has 3 aromatic carbocycles. The number of carbonyl (C=O) groups is 1. The van der Waals surface area contributed by atoms with Crippen LogP contribution in [0.1, 0.15) is 49.4 Å². The molecule has 5 heteroatoms. The number of benzene rings is 3. The highest BCUT2D eigenvalue weighted by Gasteiger charge is 2.41. The summed E-state index contributed by atoms with van der Waals surface area (Å²) >= 11 is 0. The van der Waals surface area contributed by atoms with Crippen LogP contribution in [0.25, 0.3) is 16.3 Å². The predicted octanol–water partition coefficient (Wildman–Crippen LogP) is 7.17. The lowest BCUT2D eigenvalue weighted by Gasteiger charge is -2.40. The van der Waals surface area contributed by atoms with Gasteiger partial charge in [0, 0.05) is 23.2 Å². The Bertz CT molecular complexity index is 1250. The minimum atomic E-state index is -4.42. The maximum absolute atomic E-state index is 13.4. The number of ketones is 1. The second-order valence-corrected chi connectivity index (χ2v) is 9.25. The van der Waals surface area contributed by atoms with Crippen LogP contribution in [0.5, 0.6) is 0 Å². The number of carbonyl (C=O) groups excluding carboxylic acids is 1. The summed E-state index contributed by atoms with van der Waals surface area (Å²) in [6.07, 6.45) is -3.36. The van der Waals surface area contributed by atoms with Crippen molar-refractivity contribution in [2.45, 2.75) is 38.9 Å². The highest BCUT2D eigenvalue weighted by Crippen LogP contribution is 2.52. The number of alkyl halides is 3. The fourth-order valence-corrected chi connectivity index (χ4v) is 5.00. The van der Waals surface area contributed by atoms with Crippen molar-refractivity contribution >= 4 is 27.8 Å². The van der Waals surface area contributed by atoms with Crippen molar-refractivity contribution in [3.63, 3.8) is 0 Å². The first-order valence-electron chi connectivity index (χ1n) is 10.4. The van der Waals surface area contributed by atoms with Crippen molar-refractivity contribution in [3.05, 3.63) is 82.9 Å². The first-order chi connectivity index (χ1) is 14.6. The van der Waals surface area contributed by atoms with Crippen LogP contribution in [0.2, 0.25) is 0 Å². The van der Waals surface area contributed by atoms with E-state index in [1.165, 1.54) is 12.1 Å². The molecule has 0 bridgehead atoms. The van der Waals surface area contributed by atoms with Gasteiger partial charge in [0.15, 0.2) is 5.78 Å². The lowest BCUT2D eigenvalue weighted by Crippen LogP contribution is -2.32. The first-order valence-corrected chi connectivity index (χ1v) is 10.4. The van der Waals surface area contributed by atoms with Crippen LogP contribution >= 0.6 is 0 Å². The van der Waals surface area contributed by atoms with E-state index in [2.05, 4.69) is 5.32 Å². The predicted molar refractivity (Wildman–Crippen MR) is 117 cm³/mol. The number of nitrogens with one attached hydrogen (secondary N) is 1. The highest BCUT2D eigenvalue weighted by atomic mass is 19.4. The van der Waals surface area contributed by atoms with Crippen LogP contribution in [0, 0.1) is 5.41 Å². The molecule has 0 unspecified atom stereocenters. The van der Waals surface area contributed by atoms with Crippen molar-refractivity contribution in [1.82, 2.24) is 0 Å². The number of halogens is 3. The van der Waals surface area contributed by atoms with Gasteiger partial charge >= 0.3 is 6.18 Å². The van der Waals surface area contributed by atoms with Gasteiger partial charge in [-0.2, -0.15) is 13.2 Å². The standard InChI is InChI=1S/C26H22F3NO/c1-25(2)13-19-23(21(31)14-25)22-18-9-4-3-6-15(18)10-11-20(22)30-24(19)16-7-5-8-17(12-16)26(27,28)29/h3-12,24,30H,13-14H2,1-2H3/t24-/m0/s1. The van der Waals surface area contributed by atoms with Crippen LogP contribution in [0.15, 0.2) is 66.2 Å². The zero-order valence-corrected chi connectivity index (χ0v) is 17.3. The number of anilines is 1. The normalized spacial score (nSPS) is 20.3. The van der Waals surface area contributed by atoms with Gasteiger partial charge in [-0.05, 0) is 51.9 Å². The number of rotatable bonds is 1. The molecule has 1 N–H and O–H groups in total. The Labute approximate surface area is 178 Å². The van der Waals surface area contributed by atoms with Gasteiger partial charge in [-0.3, -0.25) is 4.79 Å². The van der Waals surface area contributed by atoms with Crippen LogP contribution in [-0.4, -0.2) is 5.78 Å². The van der Waals surface area contributed by atoms with E-state index in [0.29, 0.717) is 24.0 Å². The minimum absolute atomic E-state index is 0.0577. The van der Waals surface area contributed by atoms with Gasteiger partial charge in [0.05, 0.1) is 11.6 Å². The van der Waals surface area contributed by atoms with Gasteiger partial charge in [0.2, 0.25) is 0 Å². The van der Waals surface area contributed by atoms with E-state index >= 15 is 0 Å². The molecule has 0 aromatic heterocycles. The average Bonchev–Trinajstić information content (AvgIpc) is 2.71. The molecule has 0 radical (unpaired) electrons. The summed E-state index contributed by atoms with van der Waals surface area (Å²) < 4.78 is 40.1. The van der Waals surface area contributed by atoms with Gasteiger partial charge in [0.25, 0.3) is 0 Å². The van der Waals surface area contributed by atoms with E-state index in [1.807, 2.05) is 50.2 Å². The molecule has 1 heterocycles. The molecule has 0 saturated carbocycles.